The molecular weight excluding hydrogens is 482 g/mol. The summed E-state index contributed by atoms with van der Waals surface area (Å²) in [6.07, 6.45) is 2.04. The van der Waals surface area contributed by atoms with Crippen LogP contribution in [0.2, 0.25) is 0 Å². The maximum Gasteiger partial charge on any atom is 0.253 e. The lowest BCUT2D eigenvalue weighted by Gasteiger charge is -2.46. The molecule has 2 bridgehead atoms. The molecule has 6 nitrogen and oxygen atoms in total. The number of amides is 3. The van der Waals surface area contributed by atoms with Crippen molar-refractivity contribution in [2.45, 2.75) is 31.8 Å². The Hall–Kier alpha value is -2.67. The van der Waals surface area contributed by atoms with Crippen molar-refractivity contribution in [1.29, 1.82) is 0 Å². The van der Waals surface area contributed by atoms with Crippen LogP contribution in [0.4, 0.5) is 0 Å². The van der Waals surface area contributed by atoms with Crippen LogP contribution >= 0.6 is 15.9 Å². The second kappa shape index (κ2) is 9.29. The van der Waals surface area contributed by atoms with Crippen molar-refractivity contribution >= 4 is 33.7 Å². The third-order valence-electron chi connectivity index (χ3n) is 7.11. The number of hydrogen-bond acceptors (Lipinski definition) is 3. The van der Waals surface area contributed by atoms with Gasteiger partial charge >= 0.3 is 0 Å². The number of nitrogens with zero attached hydrogens (tertiary/aromatic N) is 3. The largest absolute Gasteiger partial charge is 0.340 e. The Labute approximate surface area is 202 Å². The van der Waals surface area contributed by atoms with Gasteiger partial charge in [0.2, 0.25) is 11.8 Å². The molecule has 3 atom stereocenters. The standard InChI is InChI=1S/C26H28BrN3O3/c27-22-9-5-4-8-21(22)17-30-23(10-11-24(30)31)26(33)29-15-18-12-19(16-29)14-28(13-18)25(32)20-6-2-1-3-7-20/h1-9,18-19,23H,10-17H2/t18?,19?,23-/m0/s1. The SMILES string of the molecule is O=C(c1ccccc1)N1CC2CC(C1)CN(C(=O)[C@@H]1CCC(=O)N1Cc1ccccc1Br)C2. The zero-order valence-corrected chi connectivity index (χ0v) is 20.1. The van der Waals surface area contributed by atoms with Crippen molar-refractivity contribution in [3.8, 4) is 0 Å². The third kappa shape index (κ3) is 4.56. The molecule has 0 aliphatic carbocycles. The average molecular weight is 510 g/mol. The zero-order valence-electron chi connectivity index (χ0n) is 18.5. The molecule has 3 heterocycles. The monoisotopic (exact) mass is 509 g/mol. The Kier molecular flexibility index (Phi) is 6.23. The molecule has 0 spiro atoms. The summed E-state index contributed by atoms with van der Waals surface area (Å²) >= 11 is 3.56. The minimum Gasteiger partial charge on any atom is -0.340 e. The van der Waals surface area contributed by atoms with Gasteiger partial charge < -0.3 is 14.7 Å². The molecule has 172 valence electrons. The summed E-state index contributed by atoms with van der Waals surface area (Å²) in [5.74, 6) is 0.739. The number of rotatable bonds is 4. The second-order valence-electron chi connectivity index (χ2n) is 9.45. The van der Waals surface area contributed by atoms with E-state index in [9.17, 15) is 14.4 Å². The van der Waals surface area contributed by atoms with Crippen LogP contribution in [-0.4, -0.2) is 64.6 Å². The lowest BCUT2D eigenvalue weighted by molar-refractivity contribution is -0.144. The minimum absolute atomic E-state index is 0.0425. The van der Waals surface area contributed by atoms with Gasteiger partial charge in [0.1, 0.15) is 6.04 Å². The van der Waals surface area contributed by atoms with E-state index in [1.807, 2.05) is 64.4 Å². The van der Waals surface area contributed by atoms with E-state index in [1.165, 1.54) is 0 Å². The number of carbonyl (C=O) groups excluding carboxylic acids is 3. The van der Waals surface area contributed by atoms with Gasteiger partial charge in [-0.25, -0.2) is 0 Å². The van der Waals surface area contributed by atoms with Crippen LogP contribution < -0.4 is 0 Å². The lowest BCUT2D eigenvalue weighted by atomic mass is 9.84. The highest BCUT2D eigenvalue weighted by Crippen LogP contribution is 2.32. The Morgan fingerprint density at radius 1 is 0.879 bits per heavy atom. The van der Waals surface area contributed by atoms with Crippen molar-refractivity contribution in [2.75, 3.05) is 26.2 Å². The Morgan fingerprint density at radius 3 is 2.21 bits per heavy atom. The van der Waals surface area contributed by atoms with Gasteiger partial charge in [-0.05, 0) is 48.4 Å². The molecule has 5 rings (SSSR count). The fourth-order valence-corrected chi connectivity index (χ4v) is 6.01. The van der Waals surface area contributed by atoms with E-state index < -0.39 is 6.04 Å². The molecule has 3 fully saturated rings. The molecule has 2 unspecified atom stereocenters. The summed E-state index contributed by atoms with van der Waals surface area (Å²) < 4.78 is 0.951. The van der Waals surface area contributed by atoms with Gasteiger partial charge in [0.15, 0.2) is 0 Å². The Balaban J connectivity index is 1.25. The number of halogens is 1. The number of hydrogen-bond donors (Lipinski definition) is 0. The molecule has 0 saturated carbocycles. The van der Waals surface area contributed by atoms with E-state index in [4.69, 9.17) is 0 Å². The highest BCUT2D eigenvalue weighted by atomic mass is 79.9. The fraction of sp³-hybridized carbons (Fsp3) is 0.423. The molecule has 2 aromatic rings. The van der Waals surface area contributed by atoms with E-state index in [1.54, 1.807) is 4.90 Å². The first-order valence-corrected chi connectivity index (χ1v) is 12.4. The molecule has 7 heteroatoms. The third-order valence-corrected chi connectivity index (χ3v) is 7.89. The minimum atomic E-state index is -0.398. The fourth-order valence-electron chi connectivity index (χ4n) is 5.60. The first-order valence-electron chi connectivity index (χ1n) is 11.7. The number of carbonyl (C=O) groups is 3. The summed E-state index contributed by atoms with van der Waals surface area (Å²) in [6.45, 7) is 3.11. The van der Waals surface area contributed by atoms with E-state index >= 15 is 0 Å². The van der Waals surface area contributed by atoms with Crippen molar-refractivity contribution < 1.29 is 14.4 Å². The molecule has 0 radical (unpaired) electrons. The van der Waals surface area contributed by atoms with Crippen LogP contribution in [0.25, 0.3) is 0 Å². The predicted molar refractivity (Wildman–Crippen MR) is 128 cm³/mol. The van der Waals surface area contributed by atoms with E-state index in [-0.39, 0.29) is 29.6 Å². The number of piperidine rings is 2. The van der Waals surface area contributed by atoms with Crippen LogP contribution in [0, 0.1) is 11.8 Å². The quantitative estimate of drug-likeness (QED) is 0.632. The summed E-state index contributed by atoms with van der Waals surface area (Å²) in [6, 6.07) is 16.9. The van der Waals surface area contributed by atoms with Gasteiger partial charge in [-0.2, -0.15) is 0 Å². The van der Waals surface area contributed by atoms with E-state index in [0.717, 1.165) is 22.0 Å². The van der Waals surface area contributed by atoms with E-state index in [0.29, 0.717) is 45.6 Å². The second-order valence-corrected chi connectivity index (χ2v) is 10.3. The molecule has 3 saturated heterocycles. The van der Waals surface area contributed by atoms with Crippen molar-refractivity contribution in [2.24, 2.45) is 11.8 Å². The first-order chi connectivity index (χ1) is 16.0. The summed E-state index contributed by atoms with van der Waals surface area (Å²) in [5.41, 5.74) is 1.73. The first kappa shape index (κ1) is 22.1. The van der Waals surface area contributed by atoms with Gasteiger partial charge in [0.25, 0.3) is 5.91 Å². The number of likely N-dealkylation sites (tertiary alicyclic amines) is 3. The summed E-state index contributed by atoms with van der Waals surface area (Å²) in [5, 5.41) is 0. The zero-order chi connectivity index (χ0) is 22.9. The molecular formula is C26H28BrN3O3. The van der Waals surface area contributed by atoms with E-state index in [2.05, 4.69) is 15.9 Å². The van der Waals surface area contributed by atoms with Crippen LogP contribution in [0.3, 0.4) is 0 Å². The predicted octanol–water partition coefficient (Wildman–Crippen LogP) is 3.56. The van der Waals surface area contributed by atoms with Crippen LogP contribution in [0.1, 0.15) is 35.2 Å². The molecule has 2 aromatic carbocycles. The van der Waals surface area contributed by atoms with Crippen LogP contribution in [-0.2, 0) is 16.1 Å². The highest BCUT2D eigenvalue weighted by molar-refractivity contribution is 9.10. The molecule has 3 amide bonds. The smallest absolute Gasteiger partial charge is 0.253 e. The summed E-state index contributed by atoms with van der Waals surface area (Å²) in [4.78, 5) is 44.8. The molecule has 0 aromatic heterocycles. The number of benzene rings is 2. The summed E-state index contributed by atoms with van der Waals surface area (Å²) in [7, 11) is 0. The van der Waals surface area contributed by atoms with Gasteiger partial charge in [-0.3, -0.25) is 14.4 Å². The normalized spacial score (nSPS) is 24.8. The van der Waals surface area contributed by atoms with Crippen molar-refractivity contribution in [3.63, 3.8) is 0 Å². The Bertz CT molecular complexity index is 1050. The molecule has 3 aliphatic rings. The van der Waals surface area contributed by atoms with Gasteiger partial charge in [-0.1, -0.05) is 52.3 Å². The topological polar surface area (TPSA) is 60.9 Å². The van der Waals surface area contributed by atoms with Gasteiger partial charge in [0, 0.05) is 49.2 Å². The van der Waals surface area contributed by atoms with Crippen LogP contribution in [0.15, 0.2) is 59.1 Å². The number of fused-ring (bicyclic) bond motifs is 2. The van der Waals surface area contributed by atoms with Gasteiger partial charge in [-0.15, -0.1) is 0 Å². The highest BCUT2D eigenvalue weighted by Gasteiger charge is 2.43. The molecule has 33 heavy (non-hydrogen) atoms. The van der Waals surface area contributed by atoms with Crippen molar-refractivity contribution in [3.05, 3.63) is 70.2 Å². The lowest BCUT2D eigenvalue weighted by Crippen LogP contribution is -2.58. The molecule has 3 aliphatic heterocycles. The average Bonchev–Trinajstić information content (AvgIpc) is 3.19. The van der Waals surface area contributed by atoms with Crippen molar-refractivity contribution in [1.82, 2.24) is 14.7 Å². The Morgan fingerprint density at radius 2 is 1.52 bits per heavy atom. The van der Waals surface area contributed by atoms with Crippen LogP contribution in [0.5, 0.6) is 0 Å². The maximum atomic E-state index is 13.5. The van der Waals surface area contributed by atoms with Gasteiger partial charge in [0.05, 0.1) is 0 Å². The maximum absolute atomic E-state index is 13.5. The molecule has 0 N–H and O–H groups in total.